The van der Waals surface area contributed by atoms with Gasteiger partial charge in [-0.15, -0.1) is 0 Å². The van der Waals surface area contributed by atoms with Gasteiger partial charge in [0.2, 0.25) is 0 Å². The highest BCUT2D eigenvalue weighted by atomic mass is 19.1. The lowest BCUT2D eigenvalue weighted by Gasteiger charge is -2.43. The molecule has 3 N–H and O–H groups in total. The number of hydrogen-bond acceptors (Lipinski definition) is 4. The molecule has 6 heteroatoms. The average Bonchev–Trinajstić information content (AvgIpc) is 2.28. The number of ether oxygens (including phenoxy) is 1. The molecule has 1 aliphatic heterocycles. The lowest BCUT2D eigenvalue weighted by molar-refractivity contribution is -0.0749. The van der Waals surface area contributed by atoms with Crippen LogP contribution in [-0.2, 0) is 4.74 Å². The number of aromatic carboxylic acids is 1. The molecule has 1 unspecified atom stereocenters. The molecule has 1 aromatic carbocycles. The molecule has 2 rings (SSSR count). The summed E-state index contributed by atoms with van der Waals surface area (Å²) in [5.41, 5.74) is 5.87. The lowest BCUT2D eigenvalue weighted by Crippen LogP contribution is -2.52. The van der Waals surface area contributed by atoms with Crippen molar-refractivity contribution in [3.63, 3.8) is 0 Å². The van der Waals surface area contributed by atoms with E-state index in [2.05, 4.69) is 0 Å². The van der Waals surface area contributed by atoms with Crippen molar-refractivity contribution in [2.45, 2.75) is 32.5 Å². The van der Waals surface area contributed by atoms with Crippen LogP contribution in [0.5, 0.6) is 0 Å². The Balaban J connectivity index is 2.38. The summed E-state index contributed by atoms with van der Waals surface area (Å²) in [6.07, 6.45) is -0.0136. The predicted octanol–water partition coefficient (Wildman–Crippen LogP) is 2.11. The minimum absolute atomic E-state index is 0.0136. The normalized spacial score (nSPS) is 21.8. The second kappa shape index (κ2) is 4.94. The van der Waals surface area contributed by atoms with Crippen molar-refractivity contribution >= 4 is 17.3 Å². The maximum absolute atomic E-state index is 13.8. The van der Waals surface area contributed by atoms with Crippen LogP contribution in [0, 0.1) is 5.82 Å². The summed E-state index contributed by atoms with van der Waals surface area (Å²) in [6, 6.07) is 2.35. The van der Waals surface area contributed by atoms with Crippen LogP contribution in [0.3, 0.4) is 0 Å². The van der Waals surface area contributed by atoms with E-state index in [1.807, 2.05) is 25.7 Å². The number of hydrogen-bond donors (Lipinski definition) is 2. The SMILES string of the molecule is CC1CN(c2cc(F)c(C(=O)O)cc2N)CC(C)(C)O1. The standard InChI is InChI=1S/C14H19FN2O3/c1-8-6-17(7-14(2,3)20-8)12-5-10(15)9(13(18)19)4-11(12)16/h4-5,8H,6-7,16H2,1-3H3,(H,18,19). The quantitative estimate of drug-likeness (QED) is 0.812. The molecule has 0 amide bonds. The fourth-order valence-electron chi connectivity index (χ4n) is 2.65. The molecular weight excluding hydrogens is 263 g/mol. The number of rotatable bonds is 2. The lowest BCUT2D eigenvalue weighted by atomic mass is 10.0. The van der Waals surface area contributed by atoms with Crippen LogP contribution in [0.2, 0.25) is 0 Å². The van der Waals surface area contributed by atoms with E-state index in [1.165, 1.54) is 12.1 Å². The fraction of sp³-hybridized carbons (Fsp3) is 0.500. The van der Waals surface area contributed by atoms with Gasteiger partial charge in [0.25, 0.3) is 0 Å². The Morgan fingerprint density at radius 2 is 2.20 bits per heavy atom. The number of anilines is 2. The largest absolute Gasteiger partial charge is 0.478 e. The van der Waals surface area contributed by atoms with E-state index < -0.39 is 17.3 Å². The minimum atomic E-state index is -1.32. The number of nitrogens with two attached hydrogens (primary N) is 1. The third-order valence-corrected chi connectivity index (χ3v) is 3.26. The van der Waals surface area contributed by atoms with Gasteiger partial charge in [0.1, 0.15) is 5.82 Å². The highest BCUT2D eigenvalue weighted by molar-refractivity contribution is 5.91. The number of benzene rings is 1. The first kappa shape index (κ1) is 14.6. The van der Waals surface area contributed by atoms with Crippen molar-refractivity contribution in [3.8, 4) is 0 Å². The van der Waals surface area contributed by atoms with Gasteiger partial charge in [-0.1, -0.05) is 0 Å². The summed E-state index contributed by atoms with van der Waals surface area (Å²) in [4.78, 5) is 12.8. The van der Waals surface area contributed by atoms with Crippen LogP contribution in [0.1, 0.15) is 31.1 Å². The number of morpholine rings is 1. The zero-order chi connectivity index (χ0) is 15.1. The molecule has 1 saturated heterocycles. The van der Waals surface area contributed by atoms with E-state index in [-0.39, 0.29) is 17.4 Å². The summed E-state index contributed by atoms with van der Waals surface area (Å²) in [5.74, 6) is -2.10. The number of nitrogen functional groups attached to an aromatic ring is 1. The second-order valence-electron chi connectivity index (χ2n) is 5.76. The summed E-state index contributed by atoms with van der Waals surface area (Å²) >= 11 is 0. The Morgan fingerprint density at radius 3 is 2.75 bits per heavy atom. The van der Waals surface area contributed by atoms with Gasteiger partial charge < -0.3 is 20.5 Å². The predicted molar refractivity (Wildman–Crippen MR) is 74.6 cm³/mol. The van der Waals surface area contributed by atoms with Crippen LogP contribution in [0.4, 0.5) is 15.8 Å². The Hall–Kier alpha value is -1.82. The van der Waals surface area contributed by atoms with Crippen molar-refractivity contribution in [1.82, 2.24) is 0 Å². The van der Waals surface area contributed by atoms with Gasteiger partial charge in [-0.3, -0.25) is 0 Å². The molecule has 20 heavy (non-hydrogen) atoms. The van der Waals surface area contributed by atoms with E-state index >= 15 is 0 Å². The van der Waals surface area contributed by atoms with Crippen molar-refractivity contribution < 1.29 is 19.0 Å². The van der Waals surface area contributed by atoms with E-state index in [0.29, 0.717) is 18.8 Å². The Labute approximate surface area is 117 Å². The monoisotopic (exact) mass is 282 g/mol. The molecule has 1 atom stereocenters. The van der Waals surface area contributed by atoms with Crippen LogP contribution in [0.25, 0.3) is 0 Å². The van der Waals surface area contributed by atoms with Gasteiger partial charge in [-0.25, -0.2) is 9.18 Å². The topological polar surface area (TPSA) is 75.8 Å². The van der Waals surface area contributed by atoms with Gasteiger partial charge in [0.05, 0.1) is 28.6 Å². The fourth-order valence-corrected chi connectivity index (χ4v) is 2.65. The molecule has 0 aliphatic carbocycles. The maximum Gasteiger partial charge on any atom is 0.338 e. The number of carbonyl (C=O) groups is 1. The van der Waals surface area contributed by atoms with E-state index in [9.17, 15) is 9.18 Å². The number of carboxylic acids is 1. The number of halogens is 1. The Kier molecular flexibility index (Phi) is 3.60. The van der Waals surface area contributed by atoms with Gasteiger partial charge in [-0.05, 0) is 26.8 Å². The molecule has 1 heterocycles. The maximum atomic E-state index is 13.8. The summed E-state index contributed by atoms with van der Waals surface area (Å²) in [5, 5.41) is 8.89. The molecular formula is C14H19FN2O3. The van der Waals surface area contributed by atoms with Crippen molar-refractivity contribution in [3.05, 3.63) is 23.5 Å². The molecule has 110 valence electrons. The van der Waals surface area contributed by atoms with Gasteiger partial charge in [0.15, 0.2) is 0 Å². The highest BCUT2D eigenvalue weighted by Crippen LogP contribution is 2.31. The van der Waals surface area contributed by atoms with Gasteiger partial charge >= 0.3 is 5.97 Å². The number of carboxylic acid groups (broad SMARTS) is 1. The van der Waals surface area contributed by atoms with Crippen LogP contribution >= 0.6 is 0 Å². The minimum Gasteiger partial charge on any atom is -0.478 e. The molecule has 0 saturated carbocycles. The van der Waals surface area contributed by atoms with Crippen molar-refractivity contribution in [2.75, 3.05) is 23.7 Å². The van der Waals surface area contributed by atoms with Crippen LogP contribution in [0.15, 0.2) is 12.1 Å². The summed E-state index contributed by atoms with van der Waals surface area (Å²) < 4.78 is 19.6. The molecule has 0 bridgehead atoms. The zero-order valence-corrected chi connectivity index (χ0v) is 11.8. The Bertz CT molecular complexity index is 545. The third kappa shape index (κ3) is 2.85. The first-order chi connectivity index (χ1) is 9.19. The van der Waals surface area contributed by atoms with Gasteiger partial charge in [0, 0.05) is 19.2 Å². The molecule has 5 nitrogen and oxygen atoms in total. The van der Waals surface area contributed by atoms with E-state index in [0.717, 1.165) is 0 Å². The van der Waals surface area contributed by atoms with E-state index in [1.54, 1.807) is 0 Å². The average molecular weight is 282 g/mol. The molecule has 1 aromatic rings. The third-order valence-electron chi connectivity index (χ3n) is 3.26. The van der Waals surface area contributed by atoms with E-state index in [4.69, 9.17) is 15.6 Å². The van der Waals surface area contributed by atoms with Crippen molar-refractivity contribution in [1.29, 1.82) is 0 Å². The molecule has 0 aromatic heterocycles. The van der Waals surface area contributed by atoms with Crippen LogP contribution < -0.4 is 10.6 Å². The smallest absolute Gasteiger partial charge is 0.338 e. The molecule has 0 radical (unpaired) electrons. The van der Waals surface area contributed by atoms with Crippen LogP contribution in [-0.4, -0.2) is 35.9 Å². The van der Waals surface area contributed by atoms with Crippen molar-refractivity contribution in [2.24, 2.45) is 0 Å². The second-order valence-corrected chi connectivity index (χ2v) is 5.76. The molecule has 1 aliphatic rings. The summed E-state index contributed by atoms with van der Waals surface area (Å²) in [7, 11) is 0. The first-order valence-corrected chi connectivity index (χ1v) is 6.45. The number of nitrogens with zero attached hydrogens (tertiary/aromatic N) is 1. The van der Waals surface area contributed by atoms with Gasteiger partial charge in [-0.2, -0.15) is 0 Å². The molecule has 1 fully saturated rings. The Morgan fingerprint density at radius 1 is 1.55 bits per heavy atom. The molecule has 0 spiro atoms. The zero-order valence-electron chi connectivity index (χ0n) is 11.8. The summed E-state index contributed by atoms with van der Waals surface area (Å²) in [6.45, 7) is 6.99. The first-order valence-electron chi connectivity index (χ1n) is 6.45. The highest BCUT2D eigenvalue weighted by Gasteiger charge is 2.32.